The van der Waals surface area contributed by atoms with Crippen molar-refractivity contribution in [3.05, 3.63) is 23.2 Å². The smallest absolute Gasteiger partial charge is 0.162 e. The predicted octanol–water partition coefficient (Wildman–Crippen LogP) is 2.08. The van der Waals surface area contributed by atoms with Gasteiger partial charge < -0.3 is 14.6 Å². The second-order valence-corrected chi connectivity index (χ2v) is 4.03. The maximum Gasteiger partial charge on any atom is 0.162 e. The zero-order valence-electron chi connectivity index (χ0n) is 7.82. The fourth-order valence-corrected chi connectivity index (χ4v) is 1.71. The first-order chi connectivity index (χ1) is 7.20. The minimum absolute atomic E-state index is 0.122. The highest BCUT2D eigenvalue weighted by molar-refractivity contribution is 6.30. The lowest BCUT2D eigenvalue weighted by molar-refractivity contribution is 0.000862. The molecule has 0 aromatic heterocycles. The zero-order chi connectivity index (χ0) is 10.8. The summed E-state index contributed by atoms with van der Waals surface area (Å²) in [5.41, 5.74) is 0. The Balaban J connectivity index is 2.16. The standard InChI is InChI=1S/C10H10Cl2O3/c11-4-7(13)10-5-14-9-3-6(12)1-2-8(9)15-10/h1-3,7,10,13H,4-5H2. The van der Waals surface area contributed by atoms with Gasteiger partial charge in [0.15, 0.2) is 17.6 Å². The van der Waals surface area contributed by atoms with Gasteiger partial charge in [-0.25, -0.2) is 0 Å². The molecule has 1 N–H and O–H groups in total. The van der Waals surface area contributed by atoms with Gasteiger partial charge in [-0.3, -0.25) is 0 Å². The van der Waals surface area contributed by atoms with Crippen molar-refractivity contribution in [2.24, 2.45) is 0 Å². The quantitative estimate of drug-likeness (QED) is 0.815. The van der Waals surface area contributed by atoms with Gasteiger partial charge in [-0.2, -0.15) is 0 Å². The fraction of sp³-hybridized carbons (Fsp3) is 0.400. The first-order valence-corrected chi connectivity index (χ1v) is 5.45. The molecule has 0 amide bonds. The summed E-state index contributed by atoms with van der Waals surface area (Å²) in [6.07, 6.45) is -1.15. The molecule has 1 aromatic carbocycles. The average molecular weight is 249 g/mol. The van der Waals surface area contributed by atoms with Gasteiger partial charge in [0, 0.05) is 11.1 Å². The van der Waals surface area contributed by atoms with Gasteiger partial charge in [0.2, 0.25) is 0 Å². The molecule has 0 spiro atoms. The molecule has 82 valence electrons. The van der Waals surface area contributed by atoms with E-state index in [0.29, 0.717) is 16.5 Å². The van der Waals surface area contributed by atoms with E-state index in [0.717, 1.165) is 0 Å². The van der Waals surface area contributed by atoms with Crippen molar-refractivity contribution in [3.63, 3.8) is 0 Å². The Morgan fingerprint density at radius 3 is 3.00 bits per heavy atom. The molecule has 0 fully saturated rings. The van der Waals surface area contributed by atoms with Crippen molar-refractivity contribution in [3.8, 4) is 11.5 Å². The van der Waals surface area contributed by atoms with E-state index in [4.69, 9.17) is 32.7 Å². The Hall–Kier alpha value is -0.640. The van der Waals surface area contributed by atoms with Crippen LogP contribution in [0.15, 0.2) is 18.2 Å². The largest absolute Gasteiger partial charge is 0.486 e. The number of hydrogen-bond acceptors (Lipinski definition) is 3. The zero-order valence-corrected chi connectivity index (χ0v) is 9.33. The van der Waals surface area contributed by atoms with E-state index in [9.17, 15) is 5.11 Å². The molecule has 1 aliphatic rings. The molecule has 0 saturated carbocycles. The number of ether oxygens (including phenoxy) is 2. The molecule has 2 atom stereocenters. The van der Waals surface area contributed by atoms with Gasteiger partial charge in [0.1, 0.15) is 12.7 Å². The number of fused-ring (bicyclic) bond motifs is 1. The van der Waals surface area contributed by atoms with E-state index < -0.39 is 12.2 Å². The molecule has 2 unspecified atom stereocenters. The van der Waals surface area contributed by atoms with Gasteiger partial charge in [-0.15, -0.1) is 11.6 Å². The summed E-state index contributed by atoms with van der Waals surface area (Å²) in [6.45, 7) is 0.279. The van der Waals surface area contributed by atoms with Crippen LogP contribution in [-0.4, -0.2) is 29.8 Å². The topological polar surface area (TPSA) is 38.7 Å². The monoisotopic (exact) mass is 248 g/mol. The van der Waals surface area contributed by atoms with E-state index in [-0.39, 0.29) is 12.5 Å². The van der Waals surface area contributed by atoms with Crippen LogP contribution in [0.1, 0.15) is 0 Å². The second-order valence-electron chi connectivity index (χ2n) is 3.28. The predicted molar refractivity (Wildman–Crippen MR) is 58.1 cm³/mol. The Labute approximate surface area is 97.5 Å². The highest BCUT2D eigenvalue weighted by Crippen LogP contribution is 2.34. The molecule has 5 heteroatoms. The minimum atomic E-state index is -0.726. The maximum absolute atomic E-state index is 9.50. The molecule has 2 rings (SSSR count). The highest BCUT2D eigenvalue weighted by Gasteiger charge is 2.27. The number of alkyl halides is 1. The molecule has 1 aromatic rings. The van der Waals surface area contributed by atoms with Crippen LogP contribution in [0.3, 0.4) is 0 Å². The fourth-order valence-electron chi connectivity index (χ4n) is 1.35. The van der Waals surface area contributed by atoms with Crippen LogP contribution < -0.4 is 9.47 Å². The summed E-state index contributed by atoms with van der Waals surface area (Å²) >= 11 is 11.3. The number of halogens is 2. The summed E-state index contributed by atoms with van der Waals surface area (Å²) in [4.78, 5) is 0. The van der Waals surface area contributed by atoms with Gasteiger partial charge in [-0.1, -0.05) is 11.6 Å². The highest BCUT2D eigenvalue weighted by atomic mass is 35.5. The van der Waals surface area contributed by atoms with Crippen LogP contribution in [-0.2, 0) is 0 Å². The number of rotatable bonds is 2. The first-order valence-electron chi connectivity index (χ1n) is 4.53. The lowest BCUT2D eigenvalue weighted by Crippen LogP contribution is -2.40. The maximum atomic E-state index is 9.50. The molecule has 1 aliphatic heterocycles. The van der Waals surface area contributed by atoms with E-state index in [1.54, 1.807) is 18.2 Å². The lowest BCUT2D eigenvalue weighted by atomic mass is 10.2. The Bertz CT molecular complexity index is 357. The molecule has 1 heterocycles. The van der Waals surface area contributed by atoms with Gasteiger partial charge in [0.05, 0.1) is 5.88 Å². The number of aliphatic hydroxyl groups excluding tert-OH is 1. The molecular weight excluding hydrogens is 239 g/mol. The van der Waals surface area contributed by atoms with Crippen LogP contribution in [0.4, 0.5) is 0 Å². The van der Waals surface area contributed by atoms with E-state index in [1.165, 1.54) is 0 Å². The Morgan fingerprint density at radius 2 is 2.27 bits per heavy atom. The van der Waals surface area contributed by atoms with Crippen LogP contribution >= 0.6 is 23.2 Å². The molecule has 0 saturated heterocycles. The number of hydrogen-bond donors (Lipinski definition) is 1. The number of benzene rings is 1. The molecule has 3 nitrogen and oxygen atoms in total. The number of aliphatic hydroxyl groups is 1. The van der Waals surface area contributed by atoms with Crippen molar-refractivity contribution in [2.45, 2.75) is 12.2 Å². The van der Waals surface area contributed by atoms with Crippen molar-refractivity contribution >= 4 is 23.2 Å². The Morgan fingerprint density at radius 1 is 1.47 bits per heavy atom. The van der Waals surface area contributed by atoms with Crippen LogP contribution in [0.25, 0.3) is 0 Å². The third-order valence-corrected chi connectivity index (χ3v) is 2.73. The summed E-state index contributed by atoms with van der Waals surface area (Å²) in [5, 5.41) is 10.1. The third kappa shape index (κ3) is 2.30. The molecule has 0 radical (unpaired) electrons. The van der Waals surface area contributed by atoms with Crippen LogP contribution in [0.2, 0.25) is 5.02 Å². The van der Waals surface area contributed by atoms with Crippen molar-refractivity contribution < 1.29 is 14.6 Å². The summed E-state index contributed by atoms with van der Waals surface area (Å²) in [5.74, 6) is 1.30. The normalized spacial score (nSPS) is 21.1. The van der Waals surface area contributed by atoms with Gasteiger partial charge in [-0.05, 0) is 12.1 Å². The lowest BCUT2D eigenvalue weighted by Gasteiger charge is -2.28. The average Bonchev–Trinajstić information content (AvgIpc) is 2.27. The molecular formula is C10H10Cl2O3. The van der Waals surface area contributed by atoms with Gasteiger partial charge in [0.25, 0.3) is 0 Å². The van der Waals surface area contributed by atoms with Crippen molar-refractivity contribution in [1.82, 2.24) is 0 Å². The first kappa shape index (κ1) is 10.9. The molecule has 0 bridgehead atoms. The summed E-state index contributed by atoms with van der Waals surface area (Å²) in [7, 11) is 0. The summed E-state index contributed by atoms with van der Waals surface area (Å²) < 4.78 is 10.9. The van der Waals surface area contributed by atoms with Crippen molar-refractivity contribution in [2.75, 3.05) is 12.5 Å². The summed E-state index contributed by atoms with van der Waals surface area (Å²) in [6, 6.07) is 5.10. The minimum Gasteiger partial charge on any atom is -0.486 e. The van der Waals surface area contributed by atoms with Crippen molar-refractivity contribution in [1.29, 1.82) is 0 Å². The van der Waals surface area contributed by atoms with E-state index >= 15 is 0 Å². The Kier molecular flexibility index (Phi) is 3.24. The van der Waals surface area contributed by atoms with Crippen LogP contribution in [0.5, 0.6) is 11.5 Å². The molecule has 0 aliphatic carbocycles. The van der Waals surface area contributed by atoms with Gasteiger partial charge >= 0.3 is 0 Å². The van der Waals surface area contributed by atoms with E-state index in [1.807, 2.05) is 0 Å². The second kappa shape index (κ2) is 4.47. The SMILES string of the molecule is OC(CCl)C1COc2cc(Cl)ccc2O1. The molecule has 15 heavy (non-hydrogen) atoms. The van der Waals surface area contributed by atoms with E-state index in [2.05, 4.69) is 0 Å². The third-order valence-electron chi connectivity index (χ3n) is 2.17. The van der Waals surface area contributed by atoms with Crippen LogP contribution in [0, 0.1) is 0 Å².